The van der Waals surface area contributed by atoms with Crippen LogP contribution in [-0.4, -0.2) is 11.5 Å². The lowest BCUT2D eigenvalue weighted by Gasteiger charge is -2.16. The minimum Gasteiger partial charge on any atom is -0.310 e. The minimum absolute atomic E-state index is 0.345. The number of nitrogens with one attached hydrogen (secondary N) is 1. The Kier molecular flexibility index (Phi) is 4.15. The van der Waals surface area contributed by atoms with Gasteiger partial charge in [0.25, 0.3) is 0 Å². The number of likely N-dealkylation sites (N-methyl/N-ethyl adjacent to an activating group) is 1. The number of thiazole rings is 1. The average molecular weight is 302 g/mol. The molecule has 3 rings (SSSR count). The third-order valence-corrected chi connectivity index (χ3v) is 5.22. The van der Waals surface area contributed by atoms with Crippen molar-refractivity contribution >= 4 is 32.8 Å². The highest BCUT2D eigenvalue weighted by Gasteiger charge is 2.16. The highest BCUT2D eigenvalue weighted by Crippen LogP contribution is 2.32. The Hall–Kier alpha value is -1.23. The van der Waals surface area contributed by atoms with Crippen molar-refractivity contribution in [3.05, 3.63) is 51.3 Å². The molecule has 2 nitrogen and oxygen atoms in total. The van der Waals surface area contributed by atoms with E-state index in [1.165, 1.54) is 21.3 Å². The molecule has 1 N–H and O–H groups in total. The van der Waals surface area contributed by atoms with E-state index in [-0.39, 0.29) is 0 Å². The third-order valence-electron chi connectivity index (χ3n) is 3.42. The van der Waals surface area contributed by atoms with Gasteiger partial charge in [-0.2, -0.15) is 0 Å². The molecular weight excluding hydrogens is 284 g/mol. The molecule has 0 saturated carbocycles. The topological polar surface area (TPSA) is 24.9 Å². The van der Waals surface area contributed by atoms with Gasteiger partial charge >= 0.3 is 0 Å². The smallest absolute Gasteiger partial charge is 0.0897 e. The van der Waals surface area contributed by atoms with Crippen molar-refractivity contribution in [1.82, 2.24) is 10.3 Å². The van der Waals surface area contributed by atoms with Crippen LogP contribution in [0.4, 0.5) is 0 Å². The zero-order valence-corrected chi connectivity index (χ0v) is 13.4. The van der Waals surface area contributed by atoms with E-state index in [0.717, 1.165) is 18.0 Å². The molecule has 1 atom stereocenters. The Morgan fingerprint density at radius 3 is 2.80 bits per heavy atom. The molecule has 4 heteroatoms. The highest BCUT2D eigenvalue weighted by molar-refractivity contribution is 7.17. The molecule has 3 aromatic rings. The van der Waals surface area contributed by atoms with Crippen molar-refractivity contribution in [2.45, 2.75) is 26.3 Å². The fourth-order valence-corrected chi connectivity index (χ4v) is 4.16. The molecule has 1 unspecified atom stereocenters. The van der Waals surface area contributed by atoms with Crippen LogP contribution < -0.4 is 5.32 Å². The molecule has 0 aliphatic carbocycles. The summed E-state index contributed by atoms with van der Waals surface area (Å²) in [5.41, 5.74) is 2.59. The van der Waals surface area contributed by atoms with E-state index in [2.05, 4.69) is 59.2 Å². The molecule has 0 spiro atoms. The van der Waals surface area contributed by atoms with Gasteiger partial charge in [-0.25, -0.2) is 4.98 Å². The maximum atomic E-state index is 4.60. The maximum Gasteiger partial charge on any atom is 0.0897 e. The molecular formula is C16H18N2S2. The highest BCUT2D eigenvalue weighted by atomic mass is 32.1. The van der Waals surface area contributed by atoms with Crippen molar-refractivity contribution in [2.75, 3.05) is 6.54 Å². The van der Waals surface area contributed by atoms with Crippen LogP contribution in [0.1, 0.15) is 29.2 Å². The van der Waals surface area contributed by atoms with E-state index in [0.29, 0.717) is 6.04 Å². The second-order valence-corrected chi connectivity index (χ2v) is 6.83. The molecule has 2 heterocycles. The molecule has 0 amide bonds. The number of fused-ring (bicyclic) bond motifs is 1. The van der Waals surface area contributed by atoms with E-state index < -0.39 is 0 Å². The van der Waals surface area contributed by atoms with Crippen LogP contribution in [0, 0.1) is 6.92 Å². The first-order valence-electron chi connectivity index (χ1n) is 6.88. The van der Waals surface area contributed by atoms with Crippen LogP contribution in [0.25, 0.3) is 10.1 Å². The summed E-state index contributed by atoms with van der Waals surface area (Å²) in [6, 6.07) is 8.98. The summed E-state index contributed by atoms with van der Waals surface area (Å²) in [6.07, 6.45) is 0.957. The van der Waals surface area contributed by atoms with Gasteiger partial charge in [0.1, 0.15) is 0 Å². The quantitative estimate of drug-likeness (QED) is 0.747. The van der Waals surface area contributed by atoms with E-state index in [9.17, 15) is 0 Å². The van der Waals surface area contributed by atoms with E-state index >= 15 is 0 Å². The van der Waals surface area contributed by atoms with Crippen LogP contribution in [0.2, 0.25) is 0 Å². The molecule has 1 aromatic carbocycles. The van der Waals surface area contributed by atoms with Gasteiger partial charge in [-0.1, -0.05) is 25.1 Å². The lowest BCUT2D eigenvalue weighted by molar-refractivity contribution is 0.549. The van der Waals surface area contributed by atoms with Crippen LogP contribution in [0.3, 0.4) is 0 Å². The number of nitrogens with zero attached hydrogens (tertiary/aromatic N) is 1. The van der Waals surface area contributed by atoms with Crippen molar-refractivity contribution < 1.29 is 0 Å². The lowest BCUT2D eigenvalue weighted by atomic mass is 10.0. The summed E-state index contributed by atoms with van der Waals surface area (Å²) in [5.74, 6) is 0. The van der Waals surface area contributed by atoms with Crippen LogP contribution >= 0.6 is 22.7 Å². The normalized spacial score (nSPS) is 12.9. The summed E-state index contributed by atoms with van der Waals surface area (Å²) in [6.45, 7) is 5.20. The Morgan fingerprint density at radius 1 is 1.20 bits per heavy atom. The first-order chi connectivity index (χ1) is 9.78. The number of rotatable bonds is 5. The first kappa shape index (κ1) is 13.7. The van der Waals surface area contributed by atoms with Gasteiger partial charge in [0.05, 0.1) is 10.7 Å². The Morgan fingerprint density at radius 2 is 2.05 bits per heavy atom. The van der Waals surface area contributed by atoms with Gasteiger partial charge in [-0.05, 0) is 35.9 Å². The molecule has 0 aliphatic heterocycles. The van der Waals surface area contributed by atoms with Crippen LogP contribution in [0.5, 0.6) is 0 Å². The maximum absolute atomic E-state index is 4.60. The fourth-order valence-electron chi connectivity index (χ4n) is 2.52. The monoisotopic (exact) mass is 302 g/mol. The largest absolute Gasteiger partial charge is 0.310 e. The number of benzene rings is 1. The molecule has 104 valence electrons. The van der Waals surface area contributed by atoms with Gasteiger partial charge in [0.2, 0.25) is 0 Å². The van der Waals surface area contributed by atoms with Crippen molar-refractivity contribution in [1.29, 1.82) is 0 Å². The van der Waals surface area contributed by atoms with Gasteiger partial charge in [0.15, 0.2) is 0 Å². The molecule has 0 aliphatic rings. The van der Waals surface area contributed by atoms with Gasteiger partial charge in [-0.3, -0.25) is 0 Å². The number of thiophene rings is 1. The second-order valence-electron chi connectivity index (χ2n) is 4.86. The van der Waals surface area contributed by atoms with Crippen molar-refractivity contribution in [3.8, 4) is 0 Å². The second kappa shape index (κ2) is 6.04. The zero-order chi connectivity index (χ0) is 13.9. The Bertz CT molecular complexity index is 699. The third kappa shape index (κ3) is 2.77. The number of hydrogen-bond acceptors (Lipinski definition) is 4. The Balaban J connectivity index is 1.93. The van der Waals surface area contributed by atoms with E-state index in [4.69, 9.17) is 0 Å². The Labute approximate surface area is 127 Å². The summed E-state index contributed by atoms with van der Waals surface area (Å²) in [5, 5.41) is 10.6. The SMILES string of the molecule is CCNC(Cc1csc(C)n1)c1csc2ccccc12. The van der Waals surface area contributed by atoms with Gasteiger partial charge < -0.3 is 5.32 Å². The van der Waals surface area contributed by atoms with Gasteiger partial charge in [0, 0.05) is 22.5 Å². The van der Waals surface area contributed by atoms with Crippen molar-refractivity contribution in [2.24, 2.45) is 0 Å². The van der Waals surface area contributed by atoms with E-state index in [1.54, 1.807) is 11.3 Å². The summed E-state index contributed by atoms with van der Waals surface area (Å²) < 4.78 is 1.36. The number of aromatic nitrogens is 1. The summed E-state index contributed by atoms with van der Waals surface area (Å²) in [4.78, 5) is 4.60. The average Bonchev–Trinajstić information content (AvgIpc) is 3.04. The summed E-state index contributed by atoms with van der Waals surface area (Å²) >= 11 is 3.56. The first-order valence-corrected chi connectivity index (χ1v) is 8.64. The molecule has 0 radical (unpaired) electrons. The summed E-state index contributed by atoms with van der Waals surface area (Å²) in [7, 11) is 0. The zero-order valence-electron chi connectivity index (χ0n) is 11.7. The minimum atomic E-state index is 0.345. The standard InChI is InChI=1S/C16H18N2S2/c1-3-17-15(8-12-9-19-11(2)18-12)14-10-20-16-7-5-4-6-13(14)16/h4-7,9-10,15,17H,3,8H2,1-2H3. The fraction of sp³-hybridized carbons (Fsp3) is 0.312. The van der Waals surface area contributed by atoms with Crippen LogP contribution in [0.15, 0.2) is 35.0 Å². The predicted molar refractivity (Wildman–Crippen MR) is 88.8 cm³/mol. The molecule has 2 aromatic heterocycles. The molecule has 0 fully saturated rings. The van der Waals surface area contributed by atoms with Crippen LogP contribution in [-0.2, 0) is 6.42 Å². The van der Waals surface area contributed by atoms with E-state index in [1.807, 2.05) is 11.3 Å². The molecule has 0 saturated heterocycles. The molecule has 0 bridgehead atoms. The molecule has 20 heavy (non-hydrogen) atoms. The van der Waals surface area contributed by atoms with Gasteiger partial charge in [-0.15, -0.1) is 22.7 Å². The number of hydrogen-bond donors (Lipinski definition) is 1. The predicted octanol–water partition coefficient (Wildman–Crippen LogP) is 4.56. The number of aryl methyl sites for hydroxylation is 1. The lowest BCUT2D eigenvalue weighted by Crippen LogP contribution is -2.22. The van der Waals surface area contributed by atoms with Crippen molar-refractivity contribution in [3.63, 3.8) is 0 Å².